The molecule has 0 bridgehead atoms. The molecular weight excluding hydrogens is 315 g/mol. The predicted octanol–water partition coefficient (Wildman–Crippen LogP) is 1.73. The number of hydrogen-bond donors (Lipinski definition) is 2. The fraction of sp³-hybridized carbons (Fsp3) is 0.364. The molecule has 118 valence electrons. The Balaban J connectivity index is 3.04. The van der Waals surface area contributed by atoms with Gasteiger partial charge in [0.15, 0.2) is 0 Å². The summed E-state index contributed by atoms with van der Waals surface area (Å²) in [5, 5.41) is 8.79. The fourth-order valence-electron chi connectivity index (χ4n) is 1.40. The van der Waals surface area contributed by atoms with Gasteiger partial charge in [0.05, 0.1) is 4.90 Å². The Morgan fingerprint density at radius 2 is 2.05 bits per heavy atom. The van der Waals surface area contributed by atoms with Crippen LogP contribution in [-0.2, 0) is 14.8 Å². The lowest BCUT2D eigenvalue weighted by Gasteiger charge is -2.14. The first-order valence-electron chi connectivity index (χ1n) is 5.66. The van der Waals surface area contributed by atoms with E-state index in [1.807, 2.05) is 4.72 Å². The van der Waals surface area contributed by atoms with E-state index < -0.39 is 39.0 Å². The Labute approximate surface area is 118 Å². The van der Waals surface area contributed by atoms with Gasteiger partial charge in [0, 0.05) is 6.07 Å². The highest BCUT2D eigenvalue weighted by atomic mass is 32.2. The molecule has 1 atom stereocenters. The largest absolute Gasteiger partial charge is 0.573 e. The minimum Gasteiger partial charge on any atom is -0.480 e. The van der Waals surface area contributed by atoms with Gasteiger partial charge in [-0.2, -0.15) is 4.72 Å². The molecule has 0 amide bonds. The average molecular weight is 327 g/mol. The Morgan fingerprint density at radius 3 is 2.52 bits per heavy atom. The monoisotopic (exact) mass is 327 g/mol. The number of carboxylic acids is 1. The smallest absolute Gasteiger partial charge is 0.480 e. The number of aliphatic carboxylic acids is 1. The van der Waals surface area contributed by atoms with Gasteiger partial charge in [-0.3, -0.25) is 4.79 Å². The van der Waals surface area contributed by atoms with Crippen LogP contribution in [-0.4, -0.2) is 31.9 Å². The van der Waals surface area contributed by atoms with Gasteiger partial charge >= 0.3 is 12.3 Å². The molecule has 0 aliphatic heterocycles. The first kappa shape index (κ1) is 17.2. The van der Waals surface area contributed by atoms with Crippen molar-refractivity contribution < 1.29 is 36.2 Å². The molecule has 0 spiro atoms. The maximum Gasteiger partial charge on any atom is 0.573 e. The van der Waals surface area contributed by atoms with E-state index in [1.54, 1.807) is 0 Å². The van der Waals surface area contributed by atoms with Crippen LogP contribution in [0.4, 0.5) is 13.2 Å². The Bertz CT molecular complexity index is 615. The van der Waals surface area contributed by atoms with E-state index in [0.717, 1.165) is 18.2 Å². The van der Waals surface area contributed by atoms with Crippen molar-refractivity contribution in [1.82, 2.24) is 4.72 Å². The third kappa shape index (κ3) is 5.23. The lowest BCUT2D eigenvalue weighted by molar-refractivity contribution is -0.274. The number of sulfonamides is 1. The number of rotatable bonds is 6. The second-order valence-corrected chi connectivity index (χ2v) is 5.66. The van der Waals surface area contributed by atoms with Crippen molar-refractivity contribution in [3.05, 3.63) is 24.3 Å². The highest BCUT2D eigenvalue weighted by Crippen LogP contribution is 2.24. The van der Waals surface area contributed by atoms with E-state index in [9.17, 15) is 26.4 Å². The van der Waals surface area contributed by atoms with Crippen LogP contribution in [0.1, 0.15) is 13.3 Å². The minimum absolute atomic E-state index is 0.0205. The normalized spacial score (nSPS) is 13.7. The SMILES string of the molecule is CC[C@H](NS(=O)(=O)c1cccc(OC(F)(F)F)c1)C(=O)O. The van der Waals surface area contributed by atoms with E-state index in [-0.39, 0.29) is 6.42 Å². The summed E-state index contributed by atoms with van der Waals surface area (Å²) in [6, 6.07) is 2.30. The zero-order valence-corrected chi connectivity index (χ0v) is 11.5. The maximum atomic E-state index is 12.1. The fourth-order valence-corrected chi connectivity index (χ4v) is 2.71. The summed E-state index contributed by atoms with van der Waals surface area (Å²) in [5.74, 6) is -2.10. The minimum atomic E-state index is -4.96. The first-order chi connectivity index (χ1) is 9.55. The Kier molecular flexibility index (Phi) is 5.18. The molecule has 0 saturated heterocycles. The summed E-state index contributed by atoms with van der Waals surface area (Å²) in [6.07, 6.45) is -4.98. The van der Waals surface area contributed by atoms with Gasteiger partial charge < -0.3 is 9.84 Å². The molecule has 6 nitrogen and oxygen atoms in total. The molecule has 0 radical (unpaired) electrons. The van der Waals surface area contributed by atoms with E-state index >= 15 is 0 Å². The molecule has 0 heterocycles. The number of carboxylic acid groups (broad SMARTS) is 1. The quantitative estimate of drug-likeness (QED) is 0.830. The molecule has 2 N–H and O–H groups in total. The number of hydrogen-bond acceptors (Lipinski definition) is 4. The van der Waals surface area contributed by atoms with Crippen molar-refractivity contribution in [3.8, 4) is 5.75 Å². The van der Waals surface area contributed by atoms with Crippen molar-refractivity contribution in [2.45, 2.75) is 30.6 Å². The number of halogens is 3. The van der Waals surface area contributed by atoms with Crippen LogP contribution in [0, 0.1) is 0 Å². The van der Waals surface area contributed by atoms with Crippen molar-refractivity contribution in [2.75, 3.05) is 0 Å². The second kappa shape index (κ2) is 6.31. The lowest BCUT2D eigenvalue weighted by Crippen LogP contribution is -2.40. The van der Waals surface area contributed by atoms with Gasteiger partial charge in [0.25, 0.3) is 0 Å². The standard InChI is InChI=1S/C11H12F3NO5S/c1-2-9(10(16)17)15-21(18,19)8-5-3-4-7(6-8)20-11(12,13)14/h3-6,9,15H,2H2,1H3,(H,16,17)/t9-/m0/s1. The molecule has 1 rings (SSSR count). The number of benzene rings is 1. The molecule has 0 saturated carbocycles. The molecule has 0 unspecified atom stereocenters. The molecule has 21 heavy (non-hydrogen) atoms. The average Bonchev–Trinajstić information content (AvgIpc) is 2.34. The van der Waals surface area contributed by atoms with E-state index in [2.05, 4.69) is 4.74 Å². The van der Waals surface area contributed by atoms with Crippen LogP contribution in [0.2, 0.25) is 0 Å². The summed E-state index contributed by atoms with van der Waals surface area (Å²) in [6.45, 7) is 1.45. The molecular formula is C11H12F3NO5S. The van der Waals surface area contributed by atoms with Crippen molar-refractivity contribution in [3.63, 3.8) is 0 Å². The van der Waals surface area contributed by atoms with Crippen molar-refractivity contribution in [1.29, 1.82) is 0 Å². The number of carbonyl (C=O) groups is 1. The first-order valence-corrected chi connectivity index (χ1v) is 7.14. The van der Waals surface area contributed by atoms with E-state index in [4.69, 9.17) is 5.11 Å². The van der Waals surface area contributed by atoms with Gasteiger partial charge in [0.1, 0.15) is 11.8 Å². The highest BCUT2D eigenvalue weighted by molar-refractivity contribution is 7.89. The third-order valence-electron chi connectivity index (χ3n) is 2.35. The lowest BCUT2D eigenvalue weighted by atomic mass is 10.2. The maximum absolute atomic E-state index is 12.1. The van der Waals surface area contributed by atoms with Gasteiger partial charge in [-0.1, -0.05) is 13.0 Å². The zero-order valence-electron chi connectivity index (χ0n) is 10.7. The number of ether oxygens (including phenoxy) is 1. The topological polar surface area (TPSA) is 92.7 Å². The Hall–Kier alpha value is -1.81. The summed E-state index contributed by atoms with van der Waals surface area (Å²) in [7, 11) is -4.27. The molecule has 0 fully saturated rings. The second-order valence-electron chi connectivity index (χ2n) is 3.94. The van der Waals surface area contributed by atoms with Gasteiger partial charge in [-0.15, -0.1) is 13.2 Å². The highest BCUT2D eigenvalue weighted by Gasteiger charge is 2.32. The zero-order chi connectivity index (χ0) is 16.3. The van der Waals surface area contributed by atoms with E-state index in [1.165, 1.54) is 6.92 Å². The van der Waals surface area contributed by atoms with Crippen LogP contribution in [0.15, 0.2) is 29.2 Å². The predicted molar refractivity (Wildman–Crippen MR) is 65.2 cm³/mol. The molecule has 1 aromatic carbocycles. The van der Waals surface area contributed by atoms with Crippen LogP contribution in [0.3, 0.4) is 0 Å². The number of nitrogens with one attached hydrogen (secondary N) is 1. The van der Waals surface area contributed by atoms with Crippen molar-refractivity contribution in [2.24, 2.45) is 0 Å². The summed E-state index contributed by atoms with van der Waals surface area (Å²) < 4.78 is 65.5. The van der Waals surface area contributed by atoms with Crippen LogP contribution >= 0.6 is 0 Å². The van der Waals surface area contributed by atoms with Crippen LogP contribution < -0.4 is 9.46 Å². The van der Waals surface area contributed by atoms with E-state index in [0.29, 0.717) is 6.07 Å². The van der Waals surface area contributed by atoms with Crippen molar-refractivity contribution >= 4 is 16.0 Å². The van der Waals surface area contributed by atoms with Gasteiger partial charge in [-0.25, -0.2) is 8.42 Å². The molecule has 0 aliphatic rings. The van der Waals surface area contributed by atoms with Gasteiger partial charge in [-0.05, 0) is 18.6 Å². The van der Waals surface area contributed by atoms with Crippen LogP contribution in [0.5, 0.6) is 5.75 Å². The summed E-state index contributed by atoms with van der Waals surface area (Å²) in [4.78, 5) is 10.3. The Morgan fingerprint density at radius 1 is 1.43 bits per heavy atom. The molecule has 10 heteroatoms. The summed E-state index contributed by atoms with van der Waals surface area (Å²) in [5.41, 5.74) is 0. The molecule has 1 aromatic rings. The van der Waals surface area contributed by atoms with Crippen LogP contribution in [0.25, 0.3) is 0 Å². The number of alkyl halides is 3. The summed E-state index contributed by atoms with van der Waals surface area (Å²) >= 11 is 0. The molecule has 0 aromatic heterocycles. The van der Waals surface area contributed by atoms with Gasteiger partial charge in [0.2, 0.25) is 10.0 Å². The third-order valence-corrected chi connectivity index (χ3v) is 3.82. The molecule has 0 aliphatic carbocycles.